The minimum Gasteiger partial charge on any atom is -0.497 e. The molecule has 0 aliphatic rings. The molecule has 3 N–H and O–H groups in total. The second kappa shape index (κ2) is 6.45. The van der Waals surface area contributed by atoms with Crippen LogP contribution >= 0.6 is 11.6 Å². The summed E-state index contributed by atoms with van der Waals surface area (Å²) < 4.78 is 5.13. The molecule has 3 nitrogen and oxygen atoms in total. The summed E-state index contributed by atoms with van der Waals surface area (Å²) >= 11 is 5.89. The molecule has 0 bridgehead atoms. The first-order chi connectivity index (χ1) is 9.22. The van der Waals surface area contributed by atoms with Gasteiger partial charge in [0.2, 0.25) is 0 Å². The first-order valence-corrected chi connectivity index (χ1v) is 6.47. The number of hydrogen-bond acceptors (Lipinski definition) is 3. The lowest BCUT2D eigenvalue weighted by molar-refractivity contribution is 0.415. The van der Waals surface area contributed by atoms with Gasteiger partial charge in [0.25, 0.3) is 0 Å². The van der Waals surface area contributed by atoms with Crippen molar-refractivity contribution in [1.29, 1.82) is 0 Å². The summed E-state index contributed by atoms with van der Waals surface area (Å²) in [5.74, 6) is 0.835. The van der Waals surface area contributed by atoms with E-state index >= 15 is 0 Å². The zero-order valence-electron chi connectivity index (χ0n) is 10.8. The summed E-state index contributed by atoms with van der Waals surface area (Å²) in [6.07, 6.45) is 0. The lowest BCUT2D eigenvalue weighted by atomic mass is 10.1. The van der Waals surface area contributed by atoms with Crippen LogP contribution in [0.25, 0.3) is 0 Å². The summed E-state index contributed by atoms with van der Waals surface area (Å²) in [7, 11) is 1.65. The standard InChI is InChI=1S/C15H17ClN2O/c1-19-14-8-6-13(7-9-14)18-15(10-17)11-2-4-12(16)5-3-11/h2-9,15,18H,10,17H2,1H3. The molecule has 0 aliphatic heterocycles. The van der Waals surface area contributed by atoms with Crippen molar-refractivity contribution in [3.8, 4) is 5.75 Å². The van der Waals surface area contributed by atoms with Crippen LogP contribution in [0.15, 0.2) is 48.5 Å². The third-order valence-corrected chi connectivity index (χ3v) is 3.19. The monoisotopic (exact) mass is 276 g/mol. The van der Waals surface area contributed by atoms with E-state index in [-0.39, 0.29) is 6.04 Å². The van der Waals surface area contributed by atoms with Crippen LogP contribution in [0.4, 0.5) is 5.69 Å². The highest BCUT2D eigenvalue weighted by molar-refractivity contribution is 6.30. The predicted molar refractivity (Wildman–Crippen MR) is 79.9 cm³/mol. The first-order valence-electron chi connectivity index (χ1n) is 6.09. The van der Waals surface area contributed by atoms with E-state index in [0.717, 1.165) is 22.0 Å². The molecule has 0 saturated carbocycles. The van der Waals surface area contributed by atoms with E-state index in [9.17, 15) is 0 Å². The fraction of sp³-hybridized carbons (Fsp3) is 0.200. The molecule has 2 aromatic rings. The summed E-state index contributed by atoms with van der Waals surface area (Å²) in [5.41, 5.74) is 7.95. The zero-order valence-corrected chi connectivity index (χ0v) is 11.5. The van der Waals surface area contributed by atoms with Gasteiger partial charge in [-0.25, -0.2) is 0 Å². The Morgan fingerprint density at radius 3 is 2.26 bits per heavy atom. The highest BCUT2D eigenvalue weighted by Gasteiger charge is 2.09. The first kappa shape index (κ1) is 13.7. The van der Waals surface area contributed by atoms with Gasteiger partial charge in [-0.2, -0.15) is 0 Å². The molecule has 2 rings (SSSR count). The average molecular weight is 277 g/mol. The lowest BCUT2D eigenvalue weighted by Crippen LogP contribution is -2.20. The summed E-state index contributed by atoms with van der Waals surface area (Å²) in [5, 5.41) is 4.12. The highest BCUT2D eigenvalue weighted by atomic mass is 35.5. The van der Waals surface area contributed by atoms with Gasteiger partial charge in [-0.1, -0.05) is 23.7 Å². The molecule has 19 heavy (non-hydrogen) atoms. The topological polar surface area (TPSA) is 47.3 Å². The number of ether oxygens (including phenoxy) is 1. The molecule has 0 fully saturated rings. The Kier molecular flexibility index (Phi) is 4.66. The van der Waals surface area contributed by atoms with Crippen LogP contribution in [0, 0.1) is 0 Å². The molecule has 0 spiro atoms. The zero-order chi connectivity index (χ0) is 13.7. The molecular weight excluding hydrogens is 260 g/mol. The predicted octanol–water partition coefficient (Wildman–Crippen LogP) is 3.46. The average Bonchev–Trinajstić information content (AvgIpc) is 2.46. The molecule has 0 radical (unpaired) electrons. The van der Waals surface area contributed by atoms with Crippen LogP contribution in [0.3, 0.4) is 0 Å². The SMILES string of the molecule is COc1ccc(NC(CN)c2ccc(Cl)cc2)cc1. The number of rotatable bonds is 5. The van der Waals surface area contributed by atoms with Crippen molar-refractivity contribution in [3.63, 3.8) is 0 Å². The fourth-order valence-corrected chi connectivity index (χ4v) is 1.99. The van der Waals surface area contributed by atoms with Gasteiger partial charge < -0.3 is 15.8 Å². The summed E-state index contributed by atoms with van der Waals surface area (Å²) in [4.78, 5) is 0. The third-order valence-electron chi connectivity index (χ3n) is 2.94. The minimum atomic E-state index is 0.0608. The number of nitrogens with one attached hydrogen (secondary N) is 1. The van der Waals surface area contributed by atoms with E-state index in [4.69, 9.17) is 22.1 Å². The smallest absolute Gasteiger partial charge is 0.119 e. The van der Waals surface area contributed by atoms with Crippen LogP contribution in [-0.2, 0) is 0 Å². The normalized spacial score (nSPS) is 11.9. The van der Waals surface area contributed by atoms with Crippen LogP contribution in [0.1, 0.15) is 11.6 Å². The largest absolute Gasteiger partial charge is 0.497 e. The van der Waals surface area contributed by atoms with Gasteiger partial charge in [0.15, 0.2) is 0 Å². The maximum Gasteiger partial charge on any atom is 0.119 e. The molecule has 0 aromatic heterocycles. The van der Waals surface area contributed by atoms with Gasteiger partial charge in [-0.15, -0.1) is 0 Å². The van der Waals surface area contributed by atoms with E-state index in [1.165, 1.54) is 0 Å². The Hall–Kier alpha value is -1.71. The molecule has 4 heteroatoms. The Morgan fingerprint density at radius 1 is 1.11 bits per heavy atom. The minimum absolute atomic E-state index is 0.0608. The van der Waals surface area contributed by atoms with Gasteiger partial charge in [-0.05, 0) is 42.0 Å². The van der Waals surface area contributed by atoms with Crippen LogP contribution in [0.2, 0.25) is 5.02 Å². The van der Waals surface area contributed by atoms with Crippen LogP contribution < -0.4 is 15.8 Å². The van der Waals surface area contributed by atoms with E-state index in [1.807, 2.05) is 48.5 Å². The molecule has 0 aliphatic carbocycles. The van der Waals surface area contributed by atoms with Crippen molar-refractivity contribution >= 4 is 17.3 Å². The maximum atomic E-state index is 5.89. The van der Waals surface area contributed by atoms with Crippen molar-refractivity contribution < 1.29 is 4.74 Å². The van der Waals surface area contributed by atoms with Crippen molar-refractivity contribution in [3.05, 3.63) is 59.1 Å². The molecule has 1 atom stereocenters. The molecule has 1 unspecified atom stereocenters. The number of hydrogen-bond donors (Lipinski definition) is 2. The molecular formula is C15H17ClN2O. The Bertz CT molecular complexity index is 511. The number of halogens is 1. The van der Waals surface area contributed by atoms with Crippen molar-refractivity contribution in [2.45, 2.75) is 6.04 Å². The number of anilines is 1. The molecule has 0 heterocycles. The van der Waals surface area contributed by atoms with E-state index in [0.29, 0.717) is 6.54 Å². The van der Waals surface area contributed by atoms with Gasteiger partial charge in [0, 0.05) is 17.3 Å². The van der Waals surface area contributed by atoms with Crippen molar-refractivity contribution in [2.24, 2.45) is 5.73 Å². The molecule has 100 valence electrons. The molecule has 2 aromatic carbocycles. The van der Waals surface area contributed by atoms with Crippen LogP contribution in [-0.4, -0.2) is 13.7 Å². The Balaban J connectivity index is 2.11. The lowest BCUT2D eigenvalue weighted by Gasteiger charge is -2.19. The van der Waals surface area contributed by atoms with Crippen molar-refractivity contribution in [2.75, 3.05) is 19.0 Å². The molecule has 0 saturated heterocycles. The van der Waals surface area contributed by atoms with Gasteiger partial charge in [0.05, 0.1) is 13.2 Å². The third kappa shape index (κ3) is 3.63. The van der Waals surface area contributed by atoms with E-state index in [1.54, 1.807) is 7.11 Å². The Morgan fingerprint density at radius 2 is 1.74 bits per heavy atom. The second-order valence-corrected chi connectivity index (χ2v) is 4.65. The quantitative estimate of drug-likeness (QED) is 0.879. The fourth-order valence-electron chi connectivity index (χ4n) is 1.86. The van der Waals surface area contributed by atoms with Gasteiger partial charge >= 0.3 is 0 Å². The summed E-state index contributed by atoms with van der Waals surface area (Å²) in [6.45, 7) is 0.508. The maximum absolute atomic E-state index is 5.89. The van der Waals surface area contributed by atoms with Crippen LogP contribution in [0.5, 0.6) is 5.75 Å². The summed E-state index contributed by atoms with van der Waals surface area (Å²) in [6, 6.07) is 15.5. The van der Waals surface area contributed by atoms with E-state index < -0.39 is 0 Å². The van der Waals surface area contributed by atoms with E-state index in [2.05, 4.69) is 5.32 Å². The molecule has 0 amide bonds. The number of methoxy groups -OCH3 is 1. The highest BCUT2D eigenvalue weighted by Crippen LogP contribution is 2.22. The van der Waals surface area contributed by atoms with Crippen molar-refractivity contribution in [1.82, 2.24) is 0 Å². The number of benzene rings is 2. The Labute approximate surface area is 118 Å². The number of nitrogens with two attached hydrogens (primary N) is 1. The van der Waals surface area contributed by atoms with Gasteiger partial charge in [-0.3, -0.25) is 0 Å². The second-order valence-electron chi connectivity index (χ2n) is 4.21. The van der Waals surface area contributed by atoms with Gasteiger partial charge in [0.1, 0.15) is 5.75 Å².